The van der Waals surface area contributed by atoms with E-state index in [4.69, 9.17) is 0 Å². The van der Waals surface area contributed by atoms with Crippen molar-refractivity contribution in [2.75, 3.05) is 13.1 Å². The van der Waals surface area contributed by atoms with Gasteiger partial charge in [-0.2, -0.15) is 0 Å². The summed E-state index contributed by atoms with van der Waals surface area (Å²) in [6, 6.07) is 6.53. The third-order valence-corrected chi connectivity index (χ3v) is 4.33. The minimum atomic E-state index is -0.968. The van der Waals surface area contributed by atoms with E-state index in [1.54, 1.807) is 12.1 Å². The first kappa shape index (κ1) is 14.6. The van der Waals surface area contributed by atoms with Gasteiger partial charge in [0.15, 0.2) is 0 Å². The largest absolute Gasteiger partial charge is 0.480 e. The molecule has 1 fully saturated rings. The van der Waals surface area contributed by atoms with Crippen molar-refractivity contribution < 1.29 is 19.5 Å². The van der Waals surface area contributed by atoms with Crippen LogP contribution >= 0.6 is 0 Å². The van der Waals surface area contributed by atoms with Crippen LogP contribution in [0.15, 0.2) is 24.3 Å². The van der Waals surface area contributed by atoms with Gasteiger partial charge in [-0.3, -0.25) is 9.59 Å². The number of carbonyl (C=O) groups excluding carboxylic acids is 2. The number of carbonyl (C=O) groups is 3. The van der Waals surface area contributed by atoms with Gasteiger partial charge in [0.05, 0.1) is 0 Å². The van der Waals surface area contributed by atoms with E-state index in [0.29, 0.717) is 25.1 Å². The second kappa shape index (κ2) is 5.79. The molecule has 0 saturated carbocycles. The van der Waals surface area contributed by atoms with Gasteiger partial charge in [-0.1, -0.05) is 18.2 Å². The van der Waals surface area contributed by atoms with Crippen LogP contribution in [-0.2, 0) is 16.1 Å². The molecule has 1 aromatic rings. The molecule has 1 aromatic carbocycles. The fraction of sp³-hybridized carbons (Fsp3) is 0.438. The number of likely N-dealkylation sites (tertiary alicyclic amines) is 1. The zero-order valence-electron chi connectivity index (χ0n) is 12.2. The fourth-order valence-electron chi connectivity index (χ4n) is 3.18. The molecular formula is C16H18N2O4. The van der Waals surface area contributed by atoms with Crippen LogP contribution in [0.3, 0.4) is 0 Å². The van der Waals surface area contributed by atoms with Crippen LogP contribution in [0.1, 0.15) is 35.2 Å². The Hall–Kier alpha value is -2.37. The average Bonchev–Trinajstić information content (AvgIpc) is 2.84. The maximum absolute atomic E-state index is 12.4. The van der Waals surface area contributed by atoms with Crippen LogP contribution in [0.25, 0.3) is 0 Å². The molecule has 2 aliphatic heterocycles. The second-order valence-electron chi connectivity index (χ2n) is 5.76. The molecule has 2 aliphatic rings. The lowest BCUT2D eigenvalue weighted by Gasteiger charge is -2.34. The number of nitrogens with zero attached hydrogens (tertiary/aromatic N) is 2. The van der Waals surface area contributed by atoms with Crippen molar-refractivity contribution >= 4 is 17.8 Å². The van der Waals surface area contributed by atoms with Crippen LogP contribution in [0.2, 0.25) is 0 Å². The normalized spacial score (nSPS) is 20.9. The maximum Gasteiger partial charge on any atom is 0.326 e. The van der Waals surface area contributed by atoms with Crippen molar-refractivity contribution in [3.63, 3.8) is 0 Å². The molecule has 1 saturated heterocycles. The van der Waals surface area contributed by atoms with Crippen molar-refractivity contribution in [2.24, 2.45) is 0 Å². The number of rotatable bonds is 3. The molecule has 1 unspecified atom stereocenters. The lowest BCUT2D eigenvalue weighted by atomic mass is 10.0. The van der Waals surface area contributed by atoms with E-state index < -0.39 is 12.0 Å². The first-order valence-corrected chi connectivity index (χ1v) is 7.47. The Balaban J connectivity index is 1.70. The number of amides is 2. The minimum absolute atomic E-state index is 0.0582. The molecule has 2 amide bonds. The van der Waals surface area contributed by atoms with Gasteiger partial charge in [0.25, 0.3) is 5.91 Å². The summed E-state index contributed by atoms with van der Waals surface area (Å²) in [5, 5.41) is 9.24. The maximum atomic E-state index is 12.4. The monoisotopic (exact) mass is 302 g/mol. The van der Waals surface area contributed by atoms with E-state index in [2.05, 4.69) is 0 Å². The van der Waals surface area contributed by atoms with E-state index >= 15 is 0 Å². The van der Waals surface area contributed by atoms with Crippen LogP contribution in [0, 0.1) is 0 Å². The molecular weight excluding hydrogens is 284 g/mol. The first-order valence-electron chi connectivity index (χ1n) is 7.47. The summed E-state index contributed by atoms with van der Waals surface area (Å²) in [5.41, 5.74) is 1.54. The van der Waals surface area contributed by atoms with Crippen LogP contribution < -0.4 is 0 Å². The third-order valence-electron chi connectivity index (χ3n) is 4.33. The first-order chi connectivity index (χ1) is 10.6. The predicted octanol–water partition coefficient (Wildman–Crippen LogP) is 1.11. The second-order valence-corrected chi connectivity index (χ2v) is 5.76. The van der Waals surface area contributed by atoms with Crippen molar-refractivity contribution in [3.05, 3.63) is 35.4 Å². The average molecular weight is 302 g/mol. The molecule has 2 heterocycles. The highest BCUT2D eigenvalue weighted by Gasteiger charge is 2.35. The Morgan fingerprint density at radius 2 is 2.00 bits per heavy atom. The van der Waals surface area contributed by atoms with Crippen LogP contribution in [-0.4, -0.2) is 51.8 Å². The molecule has 0 radical (unpaired) electrons. The van der Waals surface area contributed by atoms with Gasteiger partial charge < -0.3 is 14.9 Å². The standard InChI is InChI=1S/C16H18N2O4/c19-14(18-8-4-3-7-13(18)16(21)22)10-17-9-11-5-1-2-6-12(11)15(17)20/h1-2,5-6,13H,3-4,7-10H2,(H,21,22). The zero-order chi connectivity index (χ0) is 15.7. The molecule has 0 bridgehead atoms. The molecule has 3 rings (SSSR count). The molecule has 1 N–H and O–H groups in total. The highest BCUT2D eigenvalue weighted by molar-refractivity contribution is 6.00. The van der Waals surface area contributed by atoms with Crippen molar-refractivity contribution in [2.45, 2.75) is 31.8 Å². The molecule has 6 nitrogen and oxygen atoms in total. The summed E-state index contributed by atoms with van der Waals surface area (Å²) in [6.07, 6.45) is 2.10. The van der Waals surface area contributed by atoms with Gasteiger partial charge in [-0.05, 0) is 30.9 Å². The number of hydrogen-bond acceptors (Lipinski definition) is 3. The Bertz CT molecular complexity index is 628. The molecule has 0 aliphatic carbocycles. The number of hydrogen-bond donors (Lipinski definition) is 1. The van der Waals surface area contributed by atoms with Gasteiger partial charge in [0, 0.05) is 18.7 Å². The third kappa shape index (κ3) is 2.56. The van der Waals surface area contributed by atoms with Crippen LogP contribution in [0.4, 0.5) is 0 Å². The van der Waals surface area contributed by atoms with E-state index in [0.717, 1.165) is 18.4 Å². The Labute approximate surface area is 128 Å². The van der Waals surface area contributed by atoms with Gasteiger partial charge >= 0.3 is 5.97 Å². The predicted molar refractivity (Wildman–Crippen MR) is 78.2 cm³/mol. The van der Waals surface area contributed by atoms with Crippen molar-refractivity contribution in [1.29, 1.82) is 0 Å². The molecule has 22 heavy (non-hydrogen) atoms. The van der Waals surface area contributed by atoms with Crippen molar-refractivity contribution in [1.82, 2.24) is 9.80 Å². The SMILES string of the molecule is O=C(O)C1CCCCN1C(=O)CN1Cc2ccccc2C1=O. The quantitative estimate of drug-likeness (QED) is 0.907. The number of carboxylic acids is 1. The lowest BCUT2D eigenvalue weighted by Crippen LogP contribution is -2.51. The van der Waals surface area contributed by atoms with Gasteiger partial charge in [0.1, 0.15) is 12.6 Å². The Kier molecular flexibility index (Phi) is 3.83. The van der Waals surface area contributed by atoms with Gasteiger partial charge in [-0.25, -0.2) is 4.79 Å². The van der Waals surface area contributed by atoms with Gasteiger partial charge in [0.2, 0.25) is 5.91 Å². The number of carboxylic acid groups (broad SMARTS) is 1. The topological polar surface area (TPSA) is 77.9 Å². The molecule has 0 aromatic heterocycles. The summed E-state index contributed by atoms with van der Waals surface area (Å²) in [6.45, 7) is 0.800. The molecule has 1 atom stereocenters. The lowest BCUT2D eigenvalue weighted by molar-refractivity contribution is -0.152. The van der Waals surface area contributed by atoms with E-state index in [1.165, 1.54) is 9.80 Å². The summed E-state index contributed by atoms with van der Waals surface area (Å²) >= 11 is 0. The van der Waals surface area contributed by atoms with Crippen LogP contribution in [0.5, 0.6) is 0 Å². The number of piperidine rings is 1. The summed E-state index contributed by atoms with van der Waals surface area (Å²) in [5.74, 6) is -1.41. The highest BCUT2D eigenvalue weighted by atomic mass is 16.4. The fourth-order valence-corrected chi connectivity index (χ4v) is 3.18. The number of aliphatic carboxylic acids is 1. The Morgan fingerprint density at radius 3 is 2.73 bits per heavy atom. The van der Waals surface area contributed by atoms with Gasteiger partial charge in [-0.15, -0.1) is 0 Å². The van der Waals surface area contributed by atoms with E-state index in [-0.39, 0.29) is 18.4 Å². The minimum Gasteiger partial charge on any atom is -0.480 e. The number of benzene rings is 1. The molecule has 0 spiro atoms. The number of fused-ring (bicyclic) bond motifs is 1. The molecule has 116 valence electrons. The van der Waals surface area contributed by atoms with E-state index in [1.807, 2.05) is 12.1 Å². The Morgan fingerprint density at radius 1 is 1.23 bits per heavy atom. The molecule has 6 heteroatoms. The zero-order valence-corrected chi connectivity index (χ0v) is 12.2. The highest BCUT2D eigenvalue weighted by Crippen LogP contribution is 2.23. The summed E-state index contributed by atoms with van der Waals surface area (Å²) in [7, 11) is 0. The smallest absolute Gasteiger partial charge is 0.326 e. The summed E-state index contributed by atoms with van der Waals surface area (Å²) < 4.78 is 0. The summed E-state index contributed by atoms with van der Waals surface area (Å²) in [4.78, 5) is 38.9. The van der Waals surface area contributed by atoms with Crippen molar-refractivity contribution in [3.8, 4) is 0 Å². The van der Waals surface area contributed by atoms with E-state index in [9.17, 15) is 19.5 Å².